The molecular formula is C30H32N4O3. The average molecular weight is 497 g/mol. The molecule has 0 atom stereocenters. The summed E-state index contributed by atoms with van der Waals surface area (Å²) in [7, 11) is 0. The lowest BCUT2D eigenvalue weighted by Crippen LogP contribution is -2.46. The van der Waals surface area contributed by atoms with Crippen LogP contribution in [-0.4, -0.2) is 51.8 Å². The molecule has 0 spiro atoms. The molecule has 2 aromatic heterocycles. The maximum Gasteiger partial charge on any atom is 0.253 e. The van der Waals surface area contributed by atoms with E-state index in [9.17, 15) is 9.59 Å². The Morgan fingerprint density at radius 3 is 2.57 bits per heavy atom. The third-order valence-corrected chi connectivity index (χ3v) is 6.77. The van der Waals surface area contributed by atoms with Gasteiger partial charge in [0.25, 0.3) is 11.8 Å². The highest BCUT2D eigenvalue weighted by Crippen LogP contribution is 2.22. The lowest BCUT2D eigenvalue weighted by atomic mass is 10.0. The first-order valence-corrected chi connectivity index (χ1v) is 13.0. The number of ether oxygens (including phenoxy) is 1. The molecule has 1 aliphatic heterocycles. The Morgan fingerprint density at radius 2 is 1.81 bits per heavy atom. The molecule has 4 aromatic rings. The molecule has 0 bridgehead atoms. The highest BCUT2D eigenvalue weighted by Gasteiger charge is 2.25. The van der Waals surface area contributed by atoms with E-state index in [2.05, 4.69) is 17.2 Å². The number of piperidine rings is 1. The molecule has 0 aliphatic carbocycles. The van der Waals surface area contributed by atoms with Gasteiger partial charge in [-0.25, -0.2) is 4.98 Å². The molecule has 3 heterocycles. The number of carbonyl (C=O) groups is 2. The first-order valence-electron chi connectivity index (χ1n) is 13.0. The first-order chi connectivity index (χ1) is 18.1. The maximum absolute atomic E-state index is 13.2. The third kappa shape index (κ3) is 5.82. The smallest absolute Gasteiger partial charge is 0.253 e. The molecule has 190 valence electrons. The summed E-state index contributed by atoms with van der Waals surface area (Å²) < 4.78 is 7.65. The molecule has 37 heavy (non-hydrogen) atoms. The predicted octanol–water partition coefficient (Wildman–Crippen LogP) is 5.21. The Bertz CT molecular complexity index is 1340. The number of rotatable bonds is 8. The van der Waals surface area contributed by atoms with Crippen molar-refractivity contribution in [2.45, 2.75) is 38.6 Å². The van der Waals surface area contributed by atoms with Crippen molar-refractivity contribution in [2.75, 3.05) is 19.7 Å². The summed E-state index contributed by atoms with van der Waals surface area (Å²) in [6.07, 6.45) is 7.47. The molecule has 7 heteroatoms. The van der Waals surface area contributed by atoms with Gasteiger partial charge in [-0.05, 0) is 67.8 Å². The van der Waals surface area contributed by atoms with Crippen molar-refractivity contribution < 1.29 is 14.3 Å². The summed E-state index contributed by atoms with van der Waals surface area (Å²) in [5.74, 6) is 0.696. The minimum atomic E-state index is -0.0926. The van der Waals surface area contributed by atoms with E-state index in [0.29, 0.717) is 30.8 Å². The fraction of sp³-hybridized carbons (Fsp3) is 0.300. The van der Waals surface area contributed by atoms with Gasteiger partial charge in [0.2, 0.25) is 0 Å². The van der Waals surface area contributed by atoms with Gasteiger partial charge < -0.3 is 19.4 Å². The van der Waals surface area contributed by atoms with Gasteiger partial charge in [-0.1, -0.05) is 31.5 Å². The number of hydrogen-bond donors (Lipinski definition) is 1. The number of hydrogen-bond acceptors (Lipinski definition) is 4. The number of unbranched alkanes of at least 4 members (excludes halogenated alkanes) is 1. The van der Waals surface area contributed by atoms with E-state index in [4.69, 9.17) is 4.74 Å². The number of aromatic nitrogens is 2. The second-order valence-electron chi connectivity index (χ2n) is 9.44. The zero-order valence-corrected chi connectivity index (χ0v) is 21.1. The van der Waals surface area contributed by atoms with Gasteiger partial charge in [-0.15, -0.1) is 0 Å². The van der Waals surface area contributed by atoms with Crippen LogP contribution < -0.4 is 10.1 Å². The van der Waals surface area contributed by atoms with E-state index in [1.165, 1.54) is 0 Å². The Morgan fingerprint density at radius 1 is 1.00 bits per heavy atom. The Hall–Kier alpha value is -4.13. The van der Waals surface area contributed by atoms with Crippen LogP contribution >= 0.6 is 0 Å². The van der Waals surface area contributed by atoms with Crippen LogP contribution in [0.1, 0.15) is 53.3 Å². The zero-order chi connectivity index (χ0) is 25.6. The van der Waals surface area contributed by atoms with Crippen LogP contribution in [0.15, 0.2) is 79.1 Å². The van der Waals surface area contributed by atoms with Gasteiger partial charge in [0.05, 0.1) is 12.3 Å². The molecule has 2 aromatic carbocycles. The van der Waals surface area contributed by atoms with Gasteiger partial charge >= 0.3 is 0 Å². The molecule has 0 saturated carbocycles. The predicted molar refractivity (Wildman–Crippen MR) is 144 cm³/mol. The monoisotopic (exact) mass is 496 g/mol. The molecular weight excluding hydrogens is 464 g/mol. The molecule has 0 unspecified atom stereocenters. The standard InChI is InChI=1S/C30H32N4O3/c1-2-3-19-37-26-12-10-22(11-13-26)29(35)31-25-14-17-33(18-15-25)30(36)24-8-6-7-23(20-24)27-21-34-16-5-4-9-28(34)32-27/h4-13,16,20-21,25H,2-3,14-15,17-19H2,1H3,(H,31,35). The second-order valence-corrected chi connectivity index (χ2v) is 9.44. The normalized spacial score (nSPS) is 14.0. The van der Waals surface area contributed by atoms with Crippen LogP contribution in [0.4, 0.5) is 0 Å². The highest BCUT2D eigenvalue weighted by molar-refractivity contribution is 5.96. The zero-order valence-electron chi connectivity index (χ0n) is 21.1. The van der Waals surface area contributed by atoms with Crippen molar-refractivity contribution in [3.8, 4) is 17.0 Å². The summed E-state index contributed by atoms with van der Waals surface area (Å²) in [6, 6.07) is 20.8. The van der Waals surface area contributed by atoms with Gasteiger partial charge in [-0.3, -0.25) is 9.59 Å². The van der Waals surface area contributed by atoms with Gasteiger partial charge in [-0.2, -0.15) is 0 Å². The molecule has 1 N–H and O–H groups in total. The summed E-state index contributed by atoms with van der Waals surface area (Å²) in [6.45, 7) is 4.02. The number of imidazole rings is 1. The minimum Gasteiger partial charge on any atom is -0.494 e. The fourth-order valence-electron chi connectivity index (χ4n) is 4.60. The van der Waals surface area contributed by atoms with Crippen molar-refractivity contribution in [3.63, 3.8) is 0 Å². The van der Waals surface area contributed by atoms with Crippen LogP contribution in [0.5, 0.6) is 5.75 Å². The summed E-state index contributed by atoms with van der Waals surface area (Å²) >= 11 is 0. The quantitative estimate of drug-likeness (QED) is 0.340. The molecule has 7 nitrogen and oxygen atoms in total. The number of nitrogens with one attached hydrogen (secondary N) is 1. The van der Waals surface area contributed by atoms with Gasteiger partial charge in [0.1, 0.15) is 11.4 Å². The van der Waals surface area contributed by atoms with E-state index in [0.717, 1.165) is 48.3 Å². The lowest BCUT2D eigenvalue weighted by molar-refractivity contribution is 0.0698. The molecule has 1 aliphatic rings. The van der Waals surface area contributed by atoms with Crippen molar-refractivity contribution in [1.29, 1.82) is 0 Å². The van der Waals surface area contributed by atoms with E-state index >= 15 is 0 Å². The van der Waals surface area contributed by atoms with Crippen molar-refractivity contribution in [3.05, 3.63) is 90.3 Å². The maximum atomic E-state index is 13.2. The number of pyridine rings is 1. The minimum absolute atomic E-state index is 0.00838. The summed E-state index contributed by atoms with van der Waals surface area (Å²) in [5.41, 5.74) is 3.89. The van der Waals surface area contributed by atoms with Crippen LogP contribution in [0.25, 0.3) is 16.9 Å². The van der Waals surface area contributed by atoms with Crippen molar-refractivity contribution in [1.82, 2.24) is 19.6 Å². The fourth-order valence-corrected chi connectivity index (χ4v) is 4.60. The molecule has 1 fully saturated rings. The first kappa shape index (κ1) is 24.6. The van der Waals surface area contributed by atoms with E-state index in [1.807, 2.05) is 76.3 Å². The Balaban J connectivity index is 1.15. The highest BCUT2D eigenvalue weighted by atomic mass is 16.5. The van der Waals surface area contributed by atoms with Crippen LogP contribution in [0.2, 0.25) is 0 Å². The number of fused-ring (bicyclic) bond motifs is 1. The third-order valence-electron chi connectivity index (χ3n) is 6.77. The molecule has 5 rings (SSSR count). The van der Waals surface area contributed by atoms with Crippen LogP contribution in [0, 0.1) is 0 Å². The Labute approximate surface area is 217 Å². The number of likely N-dealkylation sites (tertiary alicyclic amines) is 1. The van der Waals surface area contributed by atoms with Gasteiger partial charge in [0, 0.05) is 48.2 Å². The van der Waals surface area contributed by atoms with Gasteiger partial charge in [0.15, 0.2) is 0 Å². The number of amides is 2. The number of benzene rings is 2. The van der Waals surface area contributed by atoms with Crippen LogP contribution in [0.3, 0.4) is 0 Å². The largest absolute Gasteiger partial charge is 0.494 e. The van der Waals surface area contributed by atoms with E-state index in [-0.39, 0.29) is 17.9 Å². The number of nitrogens with zero attached hydrogens (tertiary/aromatic N) is 3. The summed E-state index contributed by atoms with van der Waals surface area (Å²) in [5, 5.41) is 3.12. The molecule has 1 saturated heterocycles. The summed E-state index contributed by atoms with van der Waals surface area (Å²) in [4.78, 5) is 32.5. The average Bonchev–Trinajstić information content (AvgIpc) is 3.38. The molecule has 0 radical (unpaired) electrons. The Kier molecular flexibility index (Phi) is 7.49. The van der Waals surface area contributed by atoms with E-state index < -0.39 is 0 Å². The molecule has 2 amide bonds. The van der Waals surface area contributed by atoms with Crippen molar-refractivity contribution >= 4 is 17.5 Å². The van der Waals surface area contributed by atoms with E-state index in [1.54, 1.807) is 12.1 Å². The second kappa shape index (κ2) is 11.3. The van der Waals surface area contributed by atoms with Crippen molar-refractivity contribution in [2.24, 2.45) is 0 Å². The topological polar surface area (TPSA) is 75.9 Å². The SMILES string of the molecule is CCCCOc1ccc(C(=O)NC2CCN(C(=O)c3cccc(-c4cn5ccccc5n4)c3)CC2)cc1. The van der Waals surface area contributed by atoms with Crippen LogP contribution in [-0.2, 0) is 0 Å². The number of carbonyl (C=O) groups excluding carboxylic acids is 2. The lowest BCUT2D eigenvalue weighted by Gasteiger charge is -2.32.